The Kier molecular flexibility index (Phi) is 4.55. The van der Waals surface area contributed by atoms with Gasteiger partial charge in [-0.05, 0) is 31.5 Å². The van der Waals surface area contributed by atoms with Gasteiger partial charge in [0.25, 0.3) is 5.91 Å². The summed E-state index contributed by atoms with van der Waals surface area (Å²) in [6.07, 6.45) is 6.09. The largest absolute Gasteiger partial charge is 0.347 e. The Morgan fingerprint density at radius 1 is 1.38 bits per heavy atom. The van der Waals surface area contributed by atoms with Crippen LogP contribution in [0.3, 0.4) is 0 Å². The van der Waals surface area contributed by atoms with E-state index in [1.807, 2.05) is 17.7 Å². The summed E-state index contributed by atoms with van der Waals surface area (Å²) in [4.78, 5) is 21.1. The lowest BCUT2D eigenvalue weighted by molar-refractivity contribution is 0.0933. The van der Waals surface area contributed by atoms with Crippen LogP contribution in [0.2, 0.25) is 0 Å². The standard InChI is InChI=1S/C18H19FN4O/c1-3-14(10-23-7-6-20-11-23)22-18(24)16-8-12(2)21-17-9-13(19)4-5-15(16)17/h4-9,11,14H,3,10H2,1-2H3,(H,22,24)/t14-/m1/s1. The van der Waals surface area contributed by atoms with Crippen LogP contribution in [-0.4, -0.2) is 26.5 Å². The third-order valence-electron chi connectivity index (χ3n) is 3.96. The summed E-state index contributed by atoms with van der Waals surface area (Å²) in [5, 5.41) is 3.70. The number of rotatable bonds is 5. The normalized spacial score (nSPS) is 12.3. The smallest absolute Gasteiger partial charge is 0.252 e. The molecule has 5 nitrogen and oxygen atoms in total. The van der Waals surface area contributed by atoms with Crippen LogP contribution in [0.1, 0.15) is 29.4 Å². The minimum Gasteiger partial charge on any atom is -0.347 e. The minimum atomic E-state index is -0.362. The van der Waals surface area contributed by atoms with Crippen molar-refractivity contribution in [3.05, 3.63) is 60.1 Å². The molecule has 0 fully saturated rings. The minimum absolute atomic E-state index is 0.0179. The first-order chi connectivity index (χ1) is 11.6. The summed E-state index contributed by atoms with van der Waals surface area (Å²) < 4.78 is 15.4. The van der Waals surface area contributed by atoms with E-state index in [4.69, 9.17) is 0 Å². The molecule has 3 aromatic rings. The second-order valence-electron chi connectivity index (χ2n) is 5.81. The van der Waals surface area contributed by atoms with E-state index < -0.39 is 0 Å². The maximum Gasteiger partial charge on any atom is 0.252 e. The third-order valence-corrected chi connectivity index (χ3v) is 3.96. The first-order valence-corrected chi connectivity index (χ1v) is 7.90. The second-order valence-corrected chi connectivity index (χ2v) is 5.81. The molecule has 6 heteroatoms. The van der Waals surface area contributed by atoms with E-state index in [9.17, 15) is 9.18 Å². The van der Waals surface area contributed by atoms with E-state index in [2.05, 4.69) is 15.3 Å². The van der Waals surface area contributed by atoms with Gasteiger partial charge in [-0.2, -0.15) is 0 Å². The first-order valence-electron chi connectivity index (χ1n) is 7.90. The van der Waals surface area contributed by atoms with Gasteiger partial charge in [0.2, 0.25) is 0 Å². The fraction of sp³-hybridized carbons (Fsp3) is 0.278. The number of carbonyl (C=O) groups excluding carboxylic acids is 1. The first kappa shape index (κ1) is 16.1. The van der Waals surface area contributed by atoms with Crippen molar-refractivity contribution in [1.29, 1.82) is 0 Å². The molecular weight excluding hydrogens is 307 g/mol. The predicted molar refractivity (Wildman–Crippen MR) is 90.2 cm³/mol. The van der Waals surface area contributed by atoms with Gasteiger partial charge in [0.15, 0.2) is 0 Å². The zero-order valence-electron chi connectivity index (χ0n) is 13.7. The molecule has 1 atom stereocenters. The van der Waals surface area contributed by atoms with Gasteiger partial charge >= 0.3 is 0 Å². The molecule has 0 saturated heterocycles. The Bertz CT molecular complexity index is 856. The lowest BCUT2D eigenvalue weighted by Gasteiger charge is -2.18. The van der Waals surface area contributed by atoms with Crippen molar-refractivity contribution in [1.82, 2.24) is 19.9 Å². The molecule has 2 aromatic heterocycles. The fourth-order valence-electron chi connectivity index (χ4n) is 2.71. The van der Waals surface area contributed by atoms with Gasteiger partial charge in [0.1, 0.15) is 5.82 Å². The van der Waals surface area contributed by atoms with Crippen molar-refractivity contribution in [2.24, 2.45) is 0 Å². The van der Waals surface area contributed by atoms with Crippen molar-refractivity contribution in [2.75, 3.05) is 0 Å². The zero-order valence-corrected chi connectivity index (χ0v) is 13.7. The number of hydrogen-bond donors (Lipinski definition) is 1. The molecular formula is C18H19FN4O. The second kappa shape index (κ2) is 6.78. The van der Waals surface area contributed by atoms with Crippen molar-refractivity contribution < 1.29 is 9.18 Å². The Labute approximate surface area is 139 Å². The molecule has 124 valence electrons. The molecule has 1 N–H and O–H groups in total. The maximum absolute atomic E-state index is 13.4. The highest BCUT2D eigenvalue weighted by Crippen LogP contribution is 2.20. The van der Waals surface area contributed by atoms with Crippen molar-refractivity contribution in [3.63, 3.8) is 0 Å². The lowest BCUT2D eigenvalue weighted by atomic mass is 10.1. The predicted octanol–water partition coefficient (Wildman–Crippen LogP) is 3.09. The van der Waals surface area contributed by atoms with Crippen LogP contribution in [0.15, 0.2) is 43.0 Å². The van der Waals surface area contributed by atoms with E-state index in [0.717, 1.165) is 6.42 Å². The summed E-state index contributed by atoms with van der Waals surface area (Å²) >= 11 is 0. The molecule has 0 saturated carbocycles. The van der Waals surface area contributed by atoms with Crippen LogP contribution in [0, 0.1) is 12.7 Å². The molecule has 0 unspecified atom stereocenters. The average molecular weight is 326 g/mol. The number of amides is 1. The number of aryl methyl sites for hydroxylation is 1. The van der Waals surface area contributed by atoms with Crippen LogP contribution >= 0.6 is 0 Å². The molecule has 1 amide bonds. The van der Waals surface area contributed by atoms with Crippen LogP contribution < -0.4 is 5.32 Å². The summed E-state index contributed by atoms with van der Waals surface area (Å²) in [5.41, 5.74) is 1.69. The fourth-order valence-corrected chi connectivity index (χ4v) is 2.71. The molecule has 0 aliphatic heterocycles. The van der Waals surface area contributed by atoms with Crippen LogP contribution in [0.4, 0.5) is 4.39 Å². The number of nitrogens with zero attached hydrogens (tertiary/aromatic N) is 3. The van der Waals surface area contributed by atoms with Gasteiger partial charge in [-0.15, -0.1) is 0 Å². The monoisotopic (exact) mass is 326 g/mol. The number of pyridine rings is 1. The van der Waals surface area contributed by atoms with E-state index in [-0.39, 0.29) is 17.8 Å². The van der Waals surface area contributed by atoms with Crippen LogP contribution in [0.5, 0.6) is 0 Å². The lowest BCUT2D eigenvalue weighted by Crippen LogP contribution is -2.37. The summed E-state index contributed by atoms with van der Waals surface area (Å²) in [6, 6.07) is 6.01. The van der Waals surface area contributed by atoms with Gasteiger partial charge in [-0.25, -0.2) is 9.37 Å². The number of halogens is 1. The van der Waals surface area contributed by atoms with E-state index in [1.165, 1.54) is 12.1 Å². The van der Waals surface area contributed by atoms with E-state index in [1.54, 1.807) is 31.6 Å². The molecule has 1 aromatic carbocycles. The summed E-state index contributed by atoms with van der Waals surface area (Å²) in [5.74, 6) is -0.539. The average Bonchev–Trinajstić information content (AvgIpc) is 3.05. The molecule has 0 aliphatic carbocycles. The quantitative estimate of drug-likeness (QED) is 0.784. The summed E-state index contributed by atoms with van der Waals surface area (Å²) in [6.45, 7) is 4.47. The SMILES string of the molecule is CC[C@H](Cn1ccnc1)NC(=O)c1cc(C)nc2cc(F)ccc12. The number of benzene rings is 1. The zero-order chi connectivity index (χ0) is 17.1. The molecule has 3 rings (SSSR count). The Hall–Kier alpha value is -2.76. The van der Waals surface area contributed by atoms with Crippen molar-refractivity contribution >= 4 is 16.8 Å². The Morgan fingerprint density at radius 3 is 2.92 bits per heavy atom. The van der Waals surface area contributed by atoms with Gasteiger partial charge < -0.3 is 9.88 Å². The Morgan fingerprint density at radius 2 is 2.21 bits per heavy atom. The number of aromatic nitrogens is 3. The van der Waals surface area contributed by atoms with E-state index >= 15 is 0 Å². The molecule has 0 radical (unpaired) electrons. The van der Waals surface area contributed by atoms with Gasteiger partial charge in [-0.3, -0.25) is 9.78 Å². The van der Waals surface area contributed by atoms with Crippen molar-refractivity contribution in [2.45, 2.75) is 32.9 Å². The number of nitrogens with one attached hydrogen (secondary N) is 1. The van der Waals surface area contributed by atoms with Gasteiger partial charge in [-0.1, -0.05) is 6.92 Å². The highest BCUT2D eigenvalue weighted by Gasteiger charge is 2.16. The van der Waals surface area contributed by atoms with Crippen molar-refractivity contribution in [3.8, 4) is 0 Å². The number of carbonyl (C=O) groups is 1. The summed E-state index contributed by atoms with van der Waals surface area (Å²) in [7, 11) is 0. The number of hydrogen-bond acceptors (Lipinski definition) is 3. The molecule has 0 bridgehead atoms. The molecule has 2 heterocycles. The number of imidazole rings is 1. The van der Waals surface area contributed by atoms with Crippen LogP contribution in [-0.2, 0) is 6.54 Å². The third kappa shape index (κ3) is 3.42. The molecule has 0 spiro atoms. The number of fused-ring (bicyclic) bond motifs is 1. The Balaban J connectivity index is 1.87. The highest BCUT2D eigenvalue weighted by atomic mass is 19.1. The van der Waals surface area contributed by atoms with E-state index in [0.29, 0.717) is 28.7 Å². The topological polar surface area (TPSA) is 59.8 Å². The van der Waals surface area contributed by atoms with Gasteiger partial charge in [0.05, 0.1) is 17.4 Å². The molecule has 0 aliphatic rings. The maximum atomic E-state index is 13.4. The van der Waals surface area contributed by atoms with Gasteiger partial charge in [0, 0.05) is 42.1 Å². The van der Waals surface area contributed by atoms with Crippen LogP contribution in [0.25, 0.3) is 10.9 Å². The highest BCUT2D eigenvalue weighted by molar-refractivity contribution is 6.06. The molecule has 24 heavy (non-hydrogen) atoms.